The van der Waals surface area contributed by atoms with Gasteiger partial charge in [0, 0.05) is 51.7 Å². The highest BCUT2D eigenvalue weighted by atomic mass is 79.9. The van der Waals surface area contributed by atoms with E-state index in [9.17, 15) is 31.1 Å². The number of rotatable bonds is 5. The van der Waals surface area contributed by atoms with Crippen LogP contribution in [0, 0.1) is 5.41 Å². The molecule has 0 aromatic heterocycles. The number of hydrogen-bond acceptors (Lipinski definition) is 5. The van der Waals surface area contributed by atoms with Crippen molar-refractivity contribution in [1.29, 1.82) is 5.41 Å². The fraction of sp³-hybridized carbons (Fsp3) is 0.692. The largest absolute Gasteiger partial charge is 0.434 e. The third-order valence-electron chi connectivity index (χ3n) is 3.54. The maximum atomic E-state index is 12.4. The van der Waals surface area contributed by atoms with E-state index in [0.717, 1.165) is 11.1 Å². The first-order valence-electron chi connectivity index (χ1n) is 7.28. The lowest BCUT2D eigenvalue weighted by atomic mass is 10.3. The molecule has 0 bridgehead atoms. The molecule has 26 heavy (non-hydrogen) atoms. The summed E-state index contributed by atoms with van der Waals surface area (Å²) in [5, 5.41) is 10.1. The summed E-state index contributed by atoms with van der Waals surface area (Å²) in [6.07, 6.45) is -16.2. The summed E-state index contributed by atoms with van der Waals surface area (Å²) in [4.78, 5) is 14.3. The molecule has 1 fully saturated rings. The smallest absolute Gasteiger partial charge is 0.426 e. The van der Waals surface area contributed by atoms with Gasteiger partial charge in [-0.25, -0.2) is 4.79 Å². The summed E-state index contributed by atoms with van der Waals surface area (Å²) in [7, 11) is 1.64. The molecule has 1 aliphatic heterocycles. The molecule has 0 saturated carbocycles. The Labute approximate surface area is 153 Å². The number of ether oxygens (including phenoxy) is 1. The van der Waals surface area contributed by atoms with E-state index >= 15 is 0 Å². The van der Waals surface area contributed by atoms with Crippen molar-refractivity contribution < 1.29 is 35.9 Å². The van der Waals surface area contributed by atoms with E-state index in [1.54, 1.807) is 7.05 Å². The molecule has 0 atom stereocenters. The first-order valence-corrected chi connectivity index (χ1v) is 8.07. The van der Waals surface area contributed by atoms with Gasteiger partial charge in [0.15, 0.2) is 0 Å². The van der Waals surface area contributed by atoms with Crippen molar-refractivity contribution in [3.8, 4) is 0 Å². The minimum atomic E-state index is -5.73. The molecule has 1 heterocycles. The van der Waals surface area contributed by atoms with Crippen LogP contribution in [-0.4, -0.2) is 80.3 Å². The average molecular weight is 455 g/mol. The topological polar surface area (TPSA) is 68.7 Å². The molecule has 0 spiro atoms. The summed E-state index contributed by atoms with van der Waals surface area (Å²) < 4.78 is 78.8. The van der Waals surface area contributed by atoms with E-state index in [4.69, 9.17) is 5.41 Å². The molecule has 13 heteroatoms. The lowest BCUT2D eigenvalue weighted by Gasteiger charge is -2.35. The van der Waals surface area contributed by atoms with Crippen LogP contribution in [0.2, 0.25) is 0 Å². The molecule has 2 N–H and O–H groups in total. The van der Waals surface area contributed by atoms with Gasteiger partial charge < -0.3 is 20.4 Å². The van der Waals surface area contributed by atoms with Crippen LogP contribution in [0.25, 0.3) is 0 Å². The average Bonchev–Trinajstić information content (AvgIpc) is 2.55. The Morgan fingerprint density at radius 3 is 2.08 bits per heavy atom. The molecule has 0 unspecified atom stereocenters. The van der Waals surface area contributed by atoms with E-state index in [1.165, 1.54) is 0 Å². The van der Waals surface area contributed by atoms with Crippen molar-refractivity contribution in [2.75, 3.05) is 39.8 Å². The molecular weight excluding hydrogens is 438 g/mol. The van der Waals surface area contributed by atoms with E-state index < -0.39 is 24.5 Å². The Kier molecular flexibility index (Phi) is 7.74. The number of amides is 1. The Morgan fingerprint density at radius 2 is 1.69 bits per heavy atom. The molecule has 150 valence electrons. The van der Waals surface area contributed by atoms with Gasteiger partial charge in [-0.3, -0.25) is 4.90 Å². The molecular formula is C13H17BrF6N4O2. The van der Waals surface area contributed by atoms with Gasteiger partial charge in [-0.15, -0.1) is 0 Å². The van der Waals surface area contributed by atoms with Crippen LogP contribution >= 0.6 is 15.9 Å². The van der Waals surface area contributed by atoms with E-state index in [-0.39, 0.29) is 26.2 Å². The standard InChI is InChI=1S/C13H17BrF6N4O2/c1-22-9(8(14)6-21)7-23-2-4-24(5-3-23)11(25)26-10(12(15,16)17)13(18,19)20/h6,10,21-22H,2-5,7H2,1H3/b9-8+,21-6?. The van der Waals surface area contributed by atoms with Crippen LogP contribution < -0.4 is 5.32 Å². The fourth-order valence-electron chi connectivity index (χ4n) is 2.17. The number of halogens is 7. The molecule has 0 aromatic carbocycles. The molecule has 1 amide bonds. The summed E-state index contributed by atoms with van der Waals surface area (Å²) in [5.41, 5.74) is 0.672. The van der Waals surface area contributed by atoms with Gasteiger partial charge in [0.1, 0.15) is 0 Å². The predicted octanol–water partition coefficient (Wildman–Crippen LogP) is 2.71. The van der Waals surface area contributed by atoms with Gasteiger partial charge >= 0.3 is 18.4 Å². The van der Waals surface area contributed by atoms with Gasteiger partial charge in [-0.1, -0.05) is 0 Å². The van der Waals surface area contributed by atoms with Gasteiger partial charge in [0.05, 0.1) is 4.48 Å². The highest BCUT2D eigenvalue weighted by molar-refractivity contribution is 9.12. The monoisotopic (exact) mass is 454 g/mol. The number of nitrogens with zero attached hydrogens (tertiary/aromatic N) is 2. The number of likely N-dealkylation sites (N-methyl/N-ethyl adjacent to an activating group) is 1. The number of nitrogens with one attached hydrogen (secondary N) is 2. The molecule has 6 nitrogen and oxygen atoms in total. The minimum absolute atomic E-state index is 0.0829. The van der Waals surface area contributed by atoms with Crippen LogP contribution in [0.5, 0.6) is 0 Å². The number of carbonyl (C=O) groups is 1. The van der Waals surface area contributed by atoms with Crippen LogP contribution in [0.4, 0.5) is 31.1 Å². The lowest BCUT2D eigenvalue weighted by Crippen LogP contribution is -2.53. The van der Waals surface area contributed by atoms with Crippen molar-refractivity contribution in [3.05, 3.63) is 10.2 Å². The van der Waals surface area contributed by atoms with Crippen molar-refractivity contribution in [1.82, 2.24) is 15.1 Å². The Bertz CT molecular complexity index is 530. The summed E-state index contributed by atoms with van der Waals surface area (Å²) in [6, 6.07) is 0. The SMILES string of the molecule is CN/C(CN1CCN(C(=O)OC(C(F)(F)F)C(F)(F)F)CC1)=C(/Br)C=N. The van der Waals surface area contributed by atoms with Gasteiger partial charge in [-0.2, -0.15) is 26.3 Å². The summed E-state index contributed by atoms with van der Waals surface area (Å²) in [6.45, 7) is 0.645. The molecule has 1 saturated heterocycles. The van der Waals surface area contributed by atoms with Crippen LogP contribution in [0.3, 0.4) is 0 Å². The maximum Gasteiger partial charge on any atom is 0.434 e. The third kappa shape index (κ3) is 6.34. The highest BCUT2D eigenvalue weighted by Crippen LogP contribution is 2.36. The van der Waals surface area contributed by atoms with Gasteiger partial charge in [0.2, 0.25) is 0 Å². The van der Waals surface area contributed by atoms with Gasteiger partial charge in [0.25, 0.3) is 6.10 Å². The highest BCUT2D eigenvalue weighted by Gasteiger charge is 2.60. The molecule has 1 rings (SSSR count). The van der Waals surface area contributed by atoms with E-state index in [0.29, 0.717) is 16.7 Å². The second kappa shape index (κ2) is 8.93. The van der Waals surface area contributed by atoms with Crippen molar-refractivity contribution in [2.24, 2.45) is 0 Å². The fourth-order valence-corrected chi connectivity index (χ4v) is 2.49. The first-order chi connectivity index (χ1) is 11.9. The zero-order valence-corrected chi connectivity index (χ0v) is 15.1. The number of hydrogen-bond donors (Lipinski definition) is 2. The quantitative estimate of drug-likeness (QED) is 0.495. The molecule has 0 aromatic rings. The van der Waals surface area contributed by atoms with Crippen molar-refractivity contribution in [3.63, 3.8) is 0 Å². The zero-order chi connectivity index (χ0) is 20.1. The third-order valence-corrected chi connectivity index (χ3v) is 4.25. The van der Waals surface area contributed by atoms with E-state index in [2.05, 4.69) is 26.0 Å². The minimum Gasteiger partial charge on any atom is -0.426 e. The van der Waals surface area contributed by atoms with Crippen LogP contribution in [0.15, 0.2) is 10.2 Å². The Morgan fingerprint density at radius 1 is 1.19 bits per heavy atom. The van der Waals surface area contributed by atoms with Crippen molar-refractivity contribution >= 4 is 28.2 Å². The van der Waals surface area contributed by atoms with Crippen LogP contribution in [-0.2, 0) is 4.74 Å². The summed E-state index contributed by atoms with van der Waals surface area (Å²) >= 11 is 3.18. The molecule has 1 aliphatic rings. The number of alkyl halides is 6. The Balaban J connectivity index is 2.65. The van der Waals surface area contributed by atoms with Crippen molar-refractivity contribution in [2.45, 2.75) is 18.5 Å². The first kappa shape index (κ1) is 22.5. The number of allylic oxidation sites excluding steroid dienone is 1. The lowest BCUT2D eigenvalue weighted by molar-refractivity contribution is -0.308. The van der Waals surface area contributed by atoms with Gasteiger partial charge in [-0.05, 0) is 15.9 Å². The molecule has 0 aliphatic carbocycles. The maximum absolute atomic E-state index is 12.4. The van der Waals surface area contributed by atoms with E-state index in [1.807, 2.05) is 4.90 Å². The number of carbonyl (C=O) groups excluding carboxylic acids is 1. The normalized spacial score (nSPS) is 17.8. The van der Waals surface area contributed by atoms with Crippen LogP contribution in [0.1, 0.15) is 0 Å². The number of piperazine rings is 1. The zero-order valence-electron chi connectivity index (χ0n) is 13.5. The molecule has 0 radical (unpaired) electrons. The Hall–Kier alpha value is -1.50. The second-order valence-corrected chi connectivity index (χ2v) is 6.19. The predicted molar refractivity (Wildman–Crippen MR) is 84.2 cm³/mol. The summed E-state index contributed by atoms with van der Waals surface area (Å²) in [5.74, 6) is 0. The second-order valence-electron chi connectivity index (χ2n) is 5.33.